The fourth-order valence-electron chi connectivity index (χ4n) is 8.18. The third kappa shape index (κ3) is 14.2. The molecule has 0 heterocycles. The summed E-state index contributed by atoms with van der Waals surface area (Å²) in [5.41, 5.74) is 3.11. The Hall–Kier alpha value is -7.01. The number of rotatable bonds is 21. The molecule has 4 amide bonds. The van der Waals surface area contributed by atoms with E-state index in [0.29, 0.717) is 0 Å². The van der Waals surface area contributed by atoms with Gasteiger partial charge in [-0.25, -0.2) is 9.59 Å². The molecule has 0 spiro atoms. The lowest BCUT2D eigenvalue weighted by molar-refractivity contribution is -0.142. The molecular weight excluding hydrogens is 817 g/mol. The van der Waals surface area contributed by atoms with Crippen LogP contribution in [0.5, 0.6) is 0 Å². The topological polar surface area (TPSA) is 152 Å². The van der Waals surface area contributed by atoms with Crippen molar-refractivity contribution in [2.24, 2.45) is 5.92 Å². The van der Waals surface area contributed by atoms with Crippen LogP contribution in [0.2, 0.25) is 0 Å². The summed E-state index contributed by atoms with van der Waals surface area (Å²) in [7, 11) is 0. The van der Waals surface area contributed by atoms with E-state index >= 15 is 0 Å². The molecule has 1 saturated carbocycles. The molecule has 6 rings (SSSR count). The molecule has 0 saturated heterocycles. The first kappa shape index (κ1) is 47.5. The van der Waals surface area contributed by atoms with Crippen LogP contribution in [0.1, 0.15) is 86.6 Å². The van der Waals surface area contributed by atoms with E-state index in [1.807, 2.05) is 166 Å². The number of hydrogen-bond donors (Lipinski definition) is 4. The molecular formula is C54H60N4O7. The highest BCUT2D eigenvalue weighted by atomic mass is 16.5. The molecule has 1 aliphatic rings. The maximum atomic E-state index is 14.5. The van der Waals surface area contributed by atoms with E-state index in [0.717, 1.165) is 53.5 Å². The van der Waals surface area contributed by atoms with Gasteiger partial charge in [0.2, 0.25) is 17.7 Å². The molecule has 338 valence electrons. The first-order valence-corrected chi connectivity index (χ1v) is 22.6. The Morgan fingerprint density at radius 3 is 1.65 bits per heavy atom. The summed E-state index contributed by atoms with van der Waals surface area (Å²) in [5, 5.41) is 12.0. The number of hydrogen-bond acceptors (Lipinski definition) is 7. The minimum Gasteiger partial charge on any atom is -0.459 e. The van der Waals surface area contributed by atoms with Gasteiger partial charge < -0.3 is 30.7 Å². The molecule has 1 fully saturated rings. The summed E-state index contributed by atoms with van der Waals surface area (Å²) >= 11 is 0. The van der Waals surface area contributed by atoms with Crippen LogP contribution in [0, 0.1) is 5.92 Å². The molecule has 0 aliphatic heterocycles. The average Bonchev–Trinajstić information content (AvgIpc) is 3.85. The first-order chi connectivity index (χ1) is 31.6. The van der Waals surface area contributed by atoms with Gasteiger partial charge in [0, 0.05) is 25.0 Å². The van der Waals surface area contributed by atoms with Crippen molar-refractivity contribution in [3.63, 3.8) is 0 Å². The van der Waals surface area contributed by atoms with Gasteiger partial charge in [-0.15, -0.1) is 0 Å². The number of esters is 1. The number of benzene rings is 5. The standard InChI is InChI=1S/C54H60N4O7/c1-39(2)36-47(57-53(63)64-38-41-22-10-4-11-23-41)52(62)56-48(37-40-20-8-3-9-21-40)51(61)55-45(33-35-50(60)65-46-30-18-19-31-46)32-34-49(59)58-54(42-24-12-5-13-25-42,43-26-14-6-15-27-43)44-28-16-7-17-29-44/h3-17,20-29,33,35,39,45-48H,18-19,30-32,34,36-38H2,1-2H3,(H,55,61)(H,56,62)(H,57,63)(H,58,59)/b35-33+/t45-,47-,48-/m0/s1. The zero-order valence-electron chi connectivity index (χ0n) is 37.2. The monoisotopic (exact) mass is 876 g/mol. The van der Waals surface area contributed by atoms with Gasteiger partial charge in [0.25, 0.3) is 0 Å². The van der Waals surface area contributed by atoms with Gasteiger partial charge >= 0.3 is 12.1 Å². The minimum atomic E-state index is -1.10. The van der Waals surface area contributed by atoms with E-state index in [9.17, 15) is 24.0 Å². The van der Waals surface area contributed by atoms with Crippen LogP contribution < -0.4 is 21.3 Å². The summed E-state index contributed by atoms with van der Waals surface area (Å²) in [5.74, 6) is -1.91. The third-order valence-electron chi connectivity index (χ3n) is 11.5. The van der Waals surface area contributed by atoms with Gasteiger partial charge in [-0.1, -0.05) is 172 Å². The quantitative estimate of drug-likeness (QED) is 0.0328. The van der Waals surface area contributed by atoms with Crippen molar-refractivity contribution in [3.8, 4) is 0 Å². The van der Waals surface area contributed by atoms with Gasteiger partial charge in [0.1, 0.15) is 30.3 Å². The van der Waals surface area contributed by atoms with E-state index in [2.05, 4.69) is 21.3 Å². The Balaban J connectivity index is 1.23. The molecule has 0 bridgehead atoms. The fourth-order valence-corrected chi connectivity index (χ4v) is 8.18. The summed E-state index contributed by atoms with van der Waals surface area (Å²) < 4.78 is 11.1. The zero-order valence-corrected chi connectivity index (χ0v) is 37.2. The van der Waals surface area contributed by atoms with Crippen LogP contribution in [0.15, 0.2) is 164 Å². The van der Waals surface area contributed by atoms with Gasteiger partial charge in [0.05, 0.1) is 0 Å². The Kier molecular flexibility index (Phi) is 17.6. The normalized spacial score (nSPS) is 14.2. The Bertz CT molecular complexity index is 2210. The molecule has 65 heavy (non-hydrogen) atoms. The molecule has 3 atom stereocenters. The van der Waals surface area contributed by atoms with E-state index in [-0.39, 0.29) is 50.2 Å². The van der Waals surface area contributed by atoms with Crippen molar-refractivity contribution in [2.75, 3.05) is 0 Å². The van der Waals surface area contributed by atoms with Crippen molar-refractivity contribution < 1.29 is 33.4 Å². The number of carbonyl (C=O) groups is 5. The lowest BCUT2D eigenvalue weighted by Crippen LogP contribution is -2.55. The summed E-state index contributed by atoms with van der Waals surface area (Å²) in [6.07, 6.45) is 5.97. The van der Waals surface area contributed by atoms with Gasteiger partial charge in [0.15, 0.2) is 0 Å². The molecule has 1 aliphatic carbocycles. The van der Waals surface area contributed by atoms with Crippen molar-refractivity contribution in [1.82, 2.24) is 21.3 Å². The summed E-state index contributed by atoms with van der Waals surface area (Å²) in [6.45, 7) is 3.88. The van der Waals surface area contributed by atoms with Crippen LogP contribution in [-0.2, 0) is 47.2 Å². The van der Waals surface area contributed by atoms with Crippen molar-refractivity contribution >= 4 is 29.8 Å². The number of carbonyl (C=O) groups excluding carboxylic acids is 5. The molecule has 0 aromatic heterocycles. The second-order valence-electron chi connectivity index (χ2n) is 16.9. The predicted molar refractivity (Wildman–Crippen MR) is 251 cm³/mol. The molecule has 0 unspecified atom stereocenters. The van der Waals surface area contributed by atoms with E-state index in [4.69, 9.17) is 9.47 Å². The smallest absolute Gasteiger partial charge is 0.408 e. The Labute approximate surface area is 382 Å². The Morgan fingerprint density at radius 2 is 1.12 bits per heavy atom. The molecule has 4 N–H and O–H groups in total. The van der Waals surface area contributed by atoms with E-state index in [1.54, 1.807) is 6.08 Å². The zero-order chi connectivity index (χ0) is 45.9. The highest BCUT2D eigenvalue weighted by Gasteiger charge is 2.38. The van der Waals surface area contributed by atoms with Gasteiger partial charge in [-0.05, 0) is 72.3 Å². The Morgan fingerprint density at radius 1 is 0.631 bits per heavy atom. The van der Waals surface area contributed by atoms with Crippen LogP contribution in [0.25, 0.3) is 0 Å². The SMILES string of the molecule is CC(C)C[C@H](NC(=O)OCc1ccccc1)C(=O)N[C@@H](Cc1ccccc1)C(=O)N[C@H](/C=C/C(=O)OC1CCCC1)CCC(=O)NC(c1ccccc1)(c1ccccc1)c1ccccc1. The number of alkyl carbamates (subject to hydrolysis) is 1. The van der Waals surface area contributed by atoms with Crippen LogP contribution in [-0.4, -0.2) is 54.0 Å². The summed E-state index contributed by atoms with van der Waals surface area (Å²) in [4.78, 5) is 69.0. The maximum Gasteiger partial charge on any atom is 0.408 e. The molecule has 11 heteroatoms. The summed E-state index contributed by atoms with van der Waals surface area (Å²) in [6, 6.07) is 44.9. The maximum absolute atomic E-state index is 14.5. The molecule has 11 nitrogen and oxygen atoms in total. The van der Waals surface area contributed by atoms with Crippen LogP contribution in [0.3, 0.4) is 0 Å². The van der Waals surface area contributed by atoms with Crippen LogP contribution >= 0.6 is 0 Å². The lowest BCUT2D eigenvalue weighted by Gasteiger charge is -2.37. The predicted octanol–water partition coefficient (Wildman–Crippen LogP) is 8.47. The van der Waals surface area contributed by atoms with Gasteiger partial charge in [-0.2, -0.15) is 0 Å². The number of nitrogens with one attached hydrogen (secondary N) is 4. The molecule has 5 aromatic carbocycles. The van der Waals surface area contributed by atoms with Crippen LogP contribution in [0.4, 0.5) is 4.79 Å². The van der Waals surface area contributed by atoms with E-state index in [1.165, 1.54) is 6.08 Å². The average molecular weight is 877 g/mol. The number of amides is 4. The van der Waals surface area contributed by atoms with E-state index < -0.39 is 47.5 Å². The third-order valence-corrected chi connectivity index (χ3v) is 11.5. The highest BCUT2D eigenvalue weighted by molar-refractivity contribution is 5.92. The molecule has 0 radical (unpaired) electrons. The molecule has 5 aromatic rings. The number of ether oxygens (including phenoxy) is 2. The van der Waals surface area contributed by atoms with Crippen molar-refractivity contribution in [3.05, 3.63) is 192 Å². The minimum absolute atomic E-state index is 0.00985. The first-order valence-electron chi connectivity index (χ1n) is 22.6. The fraction of sp³-hybridized carbons (Fsp3) is 0.315. The second kappa shape index (κ2) is 24.2. The largest absolute Gasteiger partial charge is 0.459 e. The van der Waals surface area contributed by atoms with Crippen molar-refractivity contribution in [2.45, 2.75) is 102 Å². The highest BCUT2D eigenvalue weighted by Crippen LogP contribution is 2.37. The van der Waals surface area contributed by atoms with Gasteiger partial charge in [-0.3, -0.25) is 14.4 Å². The second-order valence-corrected chi connectivity index (χ2v) is 16.9. The van der Waals surface area contributed by atoms with Crippen molar-refractivity contribution in [1.29, 1.82) is 0 Å². The lowest BCUT2D eigenvalue weighted by atomic mass is 9.77.